The Morgan fingerprint density at radius 1 is 1.14 bits per heavy atom. The van der Waals surface area contributed by atoms with Crippen molar-refractivity contribution >= 4 is 27.3 Å². The third-order valence-electron chi connectivity index (χ3n) is 4.76. The minimum atomic E-state index is -3.29. The fourth-order valence-corrected chi connectivity index (χ4v) is 5.31. The molecule has 0 spiro atoms. The maximum absolute atomic E-state index is 12.6. The lowest BCUT2D eigenvalue weighted by atomic mass is 9.84. The van der Waals surface area contributed by atoms with Crippen LogP contribution in [0.3, 0.4) is 0 Å². The van der Waals surface area contributed by atoms with E-state index in [0.29, 0.717) is 30.1 Å². The van der Waals surface area contributed by atoms with Crippen LogP contribution in [-0.4, -0.2) is 38.1 Å². The number of hydrogen-bond acceptors (Lipinski definition) is 3. The van der Waals surface area contributed by atoms with Crippen LogP contribution in [0.15, 0.2) is 24.3 Å². The SMILES string of the molecule is O=C(C1CCC1)N1CC[C@@H](c2ccccc2Cl)S(=O)(=O)CC1. The molecule has 1 saturated carbocycles. The van der Waals surface area contributed by atoms with Gasteiger partial charge in [-0.3, -0.25) is 4.79 Å². The van der Waals surface area contributed by atoms with Gasteiger partial charge in [0.25, 0.3) is 0 Å². The average Bonchev–Trinajstić information content (AvgIpc) is 2.56. The molecule has 0 aromatic heterocycles. The van der Waals surface area contributed by atoms with E-state index in [1.165, 1.54) is 0 Å². The molecule has 1 saturated heterocycles. The number of halogens is 1. The minimum Gasteiger partial charge on any atom is -0.341 e. The second-order valence-corrected chi connectivity index (χ2v) is 8.83. The number of carbonyl (C=O) groups excluding carboxylic acids is 1. The lowest BCUT2D eigenvalue weighted by Gasteiger charge is -2.30. The summed E-state index contributed by atoms with van der Waals surface area (Å²) in [6.07, 6.45) is 3.40. The van der Waals surface area contributed by atoms with Gasteiger partial charge in [0.15, 0.2) is 9.84 Å². The summed E-state index contributed by atoms with van der Waals surface area (Å²) in [6.45, 7) is 0.795. The van der Waals surface area contributed by atoms with Crippen molar-refractivity contribution in [2.45, 2.75) is 30.9 Å². The molecule has 1 heterocycles. The quantitative estimate of drug-likeness (QED) is 0.831. The van der Waals surface area contributed by atoms with Crippen molar-refractivity contribution in [2.24, 2.45) is 5.92 Å². The summed E-state index contributed by atoms with van der Waals surface area (Å²) in [5.41, 5.74) is 0.655. The lowest BCUT2D eigenvalue weighted by Crippen LogP contribution is -2.40. The monoisotopic (exact) mass is 341 g/mol. The van der Waals surface area contributed by atoms with Crippen LogP contribution in [0, 0.1) is 5.92 Å². The predicted molar refractivity (Wildman–Crippen MR) is 86.5 cm³/mol. The maximum Gasteiger partial charge on any atom is 0.225 e. The van der Waals surface area contributed by atoms with E-state index in [1.807, 2.05) is 0 Å². The summed E-state index contributed by atoms with van der Waals surface area (Å²) in [5.74, 6) is 0.252. The number of amides is 1. The molecule has 0 N–H and O–H groups in total. The second-order valence-electron chi connectivity index (χ2n) is 6.12. The van der Waals surface area contributed by atoms with Gasteiger partial charge < -0.3 is 4.90 Å². The standard InChI is InChI=1S/C16H20ClNO3S/c17-14-7-2-1-6-13(14)15-8-9-18(10-11-22(15,20)21)16(19)12-4-3-5-12/h1-2,6-7,12,15H,3-5,8-11H2/t15-/m0/s1. The highest BCUT2D eigenvalue weighted by molar-refractivity contribution is 7.91. The van der Waals surface area contributed by atoms with Crippen molar-refractivity contribution < 1.29 is 13.2 Å². The summed E-state index contributed by atoms with van der Waals surface area (Å²) in [5, 5.41) is -0.129. The van der Waals surface area contributed by atoms with Crippen LogP contribution >= 0.6 is 11.6 Å². The van der Waals surface area contributed by atoms with Gasteiger partial charge in [-0.05, 0) is 30.9 Å². The van der Waals surface area contributed by atoms with E-state index in [-0.39, 0.29) is 17.6 Å². The molecule has 6 heteroatoms. The van der Waals surface area contributed by atoms with Gasteiger partial charge in [0.05, 0.1) is 11.0 Å². The molecular weight excluding hydrogens is 322 g/mol. The van der Waals surface area contributed by atoms with Gasteiger partial charge in [-0.1, -0.05) is 36.2 Å². The maximum atomic E-state index is 12.6. The molecule has 1 aromatic rings. The first-order valence-electron chi connectivity index (χ1n) is 7.74. The van der Waals surface area contributed by atoms with Crippen molar-refractivity contribution in [2.75, 3.05) is 18.8 Å². The Hall–Kier alpha value is -1.07. The van der Waals surface area contributed by atoms with Gasteiger partial charge >= 0.3 is 0 Å². The van der Waals surface area contributed by atoms with Crippen LogP contribution in [0.5, 0.6) is 0 Å². The molecule has 120 valence electrons. The highest BCUT2D eigenvalue weighted by Gasteiger charge is 2.36. The highest BCUT2D eigenvalue weighted by atomic mass is 35.5. The van der Waals surface area contributed by atoms with Crippen LogP contribution in [-0.2, 0) is 14.6 Å². The summed E-state index contributed by atoms with van der Waals surface area (Å²) >= 11 is 6.17. The van der Waals surface area contributed by atoms with Crippen LogP contribution < -0.4 is 0 Å². The number of benzene rings is 1. The van der Waals surface area contributed by atoms with Gasteiger partial charge in [0.1, 0.15) is 0 Å². The second kappa shape index (κ2) is 6.20. The molecule has 3 rings (SSSR count). The zero-order chi connectivity index (χ0) is 15.7. The molecule has 4 nitrogen and oxygen atoms in total. The molecule has 2 fully saturated rings. The van der Waals surface area contributed by atoms with Crippen LogP contribution in [0.4, 0.5) is 0 Å². The highest BCUT2D eigenvalue weighted by Crippen LogP contribution is 2.35. The molecule has 1 atom stereocenters. The van der Waals surface area contributed by atoms with Crippen LogP contribution in [0.25, 0.3) is 0 Å². The summed E-state index contributed by atoms with van der Waals surface area (Å²) in [6, 6.07) is 7.09. The van der Waals surface area contributed by atoms with Crippen molar-refractivity contribution in [1.82, 2.24) is 4.90 Å². The largest absolute Gasteiger partial charge is 0.341 e. The Morgan fingerprint density at radius 2 is 1.86 bits per heavy atom. The Kier molecular flexibility index (Phi) is 4.46. The van der Waals surface area contributed by atoms with E-state index in [2.05, 4.69) is 0 Å². The van der Waals surface area contributed by atoms with Crippen molar-refractivity contribution in [3.63, 3.8) is 0 Å². The number of carbonyl (C=O) groups is 1. The van der Waals surface area contributed by atoms with E-state index >= 15 is 0 Å². The fraction of sp³-hybridized carbons (Fsp3) is 0.562. The molecule has 1 aliphatic heterocycles. The average molecular weight is 342 g/mol. The van der Waals surface area contributed by atoms with E-state index < -0.39 is 15.1 Å². The van der Waals surface area contributed by atoms with Crippen molar-refractivity contribution in [3.05, 3.63) is 34.9 Å². The van der Waals surface area contributed by atoms with Gasteiger partial charge in [-0.25, -0.2) is 8.42 Å². The number of sulfone groups is 1. The van der Waals surface area contributed by atoms with Crippen LogP contribution in [0.1, 0.15) is 36.5 Å². The molecule has 0 radical (unpaired) electrons. The molecule has 0 unspecified atom stereocenters. The molecule has 2 aliphatic rings. The number of nitrogens with zero attached hydrogens (tertiary/aromatic N) is 1. The molecule has 1 aliphatic carbocycles. The van der Waals surface area contributed by atoms with E-state index in [1.54, 1.807) is 29.2 Å². The number of hydrogen-bond donors (Lipinski definition) is 0. The van der Waals surface area contributed by atoms with Crippen LogP contribution in [0.2, 0.25) is 5.02 Å². The normalized spacial score (nSPS) is 25.3. The predicted octanol–water partition coefficient (Wildman–Crippen LogP) is 2.83. The van der Waals surface area contributed by atoms with Gasteiger partial charge in [-0.15, -0.1) is 0 Å². The third kappa shape index (κ3) is 3.01. The molecule has 1 amide bonds. The first-order valence-corrected chi connectivity index (χ1v) is 9.83. The number of rotatable bonds is 2. The summed E-state index contributed by atoms with van der Waals surface area (Å²) < 4.78 is 25.2. The fourth-order valence-electron chi connectivity index (χ4n) is 3.16. The van der Waals surface area contributed by atoms with Gasteiger partial charge in [0.2, 0.25) is 5.91 Å². The molecule has 1 aromatic carbocycles. The van der Waals surface area contributed by atoms with Crippen molar-refractivity contribution in [1.29, 1.82) is 0 Å². The lowest BCUT2D eigenvalue weighted by molar-refractivity contribution is -0.137. The Bertz CT molecular complexity index is 670. The van der Waals surface area contributed by atoms with E-state index in [0.717, 1.165) is 19.3 Å². The molecule has 22 heavy (non-hydrogen) atoms. The zero-order valence-electron chi connectivity index (χ0n) is 12.4. The summed E-state index contributed by atoms with van der Waals surface area (Å²) in [4.78, 5) is 14.1. The first kappa shape index (κ1) is 15.8. The topological polar surface area (TPSA) is 54.5 Å². The van der Waals surface area contributed by atoms with E-state index in [4.69, 9.17) is 11.6 Å². The molecular formula is C16H20ClNO3S. The Morgan fingerprint density at radius 3 is 2.50 bits per heavy atom. The van der Waals surface area contributed by atoms with E-state index in [9.17, 15) is 13.2 Å². The van der Waals surface area contributed by atoms with Gasteiger partial charge in [0, 0.05) is 24.0 Å². The Labute approximate surface area is 136 Å². The first-order chi connectivity index (χ1) is 10.5. The smallest absolute Gasteiger partial charge is 0.225 e. The molecule has 0 bridgehead atoms. The minimum absolute atomic E-state index is 0.0152. The summed E-state index contributed by atoms with van der Waals surface area (Å²) in [7, 11) is -3.29. The zero-order valence-corrected chi connectivity index (χ0v) is 13.9. The van der Waals surface area contributed by atoms with Crippen molar-refractivity contribution in [3.8, 4) is 0 Å². The Balaban J connectivity index is 1.81. The van der Waals surface area contributed by atoms with Gasteiger partial charge in [-0.2, -0.15) is 0 Å². The third-order valence-corrected chi connectivity index (χ3v) is 7.21.